The Bertz CT molecular complexity index is 170. The first-order valence-corrected chi connectivity index (χ1v) is 4.21. The Balaban J connectivity index is 1.89. The molecule has 0 aliphatic carbocycles. The molecule has 0 N–H and O–H groups in total. The predicted molar refractivity (Wildman–Crippen MR) is 40.0 cm³/mol. The van der Waals surface area contributed by atoms with Gasteiger partial charge in [0.1, 0.15) is 0 Å². The van der Waals surface area contributed by atoms with E-state index in [1.807, 2.05) is 4.90 Å². The summed E-state index contributed by atoms with van der Waals surface area (Å²) in [7, 11) is 0. The molecule has 2 aliphatic heterocycles. The van der Waals surface area contributed by atoms with Crippen molar-refractivity contribution in [1.82, 2.24) is 4.90 Å². The molecule has 2 rings (SSSR count). The molecule has 0 unspecified atom stereocenters. The van der Waals surface area contributed by atoms with Crippen LogP contribution >= 0.6 is 0 Å². The van der Waals surface area contributed by atoms with Crippen molar-refractivity contribution in [2.24, 2.45) is 0 Å². The standard InChI is InChI=1S/C8H12F2NO/c9-8(10)2-1-3-11(6-8)7-4-12-5-7/h2,7H,1,3-6H2. The van der Waals surface area contributed by atoms with Gasteiger partial charge in [0.05, 0.1) is 25.8 Å². The highest BCUT2D eigenvalue weighted by atomic mass is 19.3. The SMILES string of the molecule is FC1(F)[CH]CCN(C2COC2)C1. The molecule has 0 aromatic rings. The average molecular weight is 176 g/mol. The van der Waals surface area contributed by atoms with Gasteiger partial charge in [-0.1, -0.05) is 0 Å². The predicted octanol–water partition coefficient (Wildman–Crippen LogP) is 0.930. The van der Waals surface area contributed by atoms with Gasteiger partial charge in [0.2, 0.25) is 0 Å². The first kappa shape index (κ1) is 8.38. The van der Waals surface area contributed by atoms with Crippen LogP contribution in [-0.2, 0) is 4.74 Å². The van der Waals surface area contributed by atoms with Crippen LogP contribution in [0.5, 0.6) is 0 Å². The molecule has 1 radical (unpaired) electrons. The van der Waals surface area contributed by atoms with Crippen molar-refractivity contribution in [1.29, 1.82) is 0 Å². The van der Waals surface area contributed by atoms with Crippen molar-refractivity contribution in [2.75, 3.05) is 26.3 Å². The van der Waals surface area contributed by atoms with Crippen molar-refractivity contribution >= 4 is 0 Å². The van der Waals surface area contributed by atoms with Crippen molar-refractivity contribution < 1.29 is 13.5 Å². The number of hydrogen-bond acceptors (Lipinski definition) is 2. The highest BCUT2D eigenvalue weighted by molar-refractivity contribution is 4.95. The zero-order valence-electron chi connectivity index (χ0n) is 6.80. The quantitative estimate of drug-likeness (QED) is 0.589. The van der Waals surface area contributed by atoms with Crippen LogP contribution in [0.25, 0.3) is 0 Å². The zero-order chi connectivity index (χ0) is 8.60. The molecule has 2 fully saturated rings. The molecule has 12 heavy (non-hydrogen) atoms. The molecule has 0 atom stereocenters. The largest absolute Gasteiger partial charge is 0.378 e. The first-order chi connectivity index (χ1) is 5.67. The minimum Gasteiger partial charge on any atom is -0.378 e. The molecule has 0 aromatic heterocycles. The zero-order valence-corrected chi connectivity index (χ0v) is 6.80. The van der Waals surface area contributed by atoms with Crippen LogP contribution in [0.15, 0.2) is 0 Å². The van der Waals surface area contributed by atoms with E-state index >= 15 is 0 Å². The van der Waals surface area contributed by atoms with Crippen LogP contribution < -0.4 is 0 Å². The molecule has 0 aromatic carbocycles. The summed E-state index contributed by atoms with van der Waals surface area (Å²) in [6.45, 7) is 1.87. The van der Waals surface area contributed by atoms with Crippen LogP contribution in [0, 0.1) is 6.42 Å². The number of rotatable bonds is 1. The number of hydrogen-bond donors (Lipinski definition) is 0. The maximum atomic E-state index is 12.8. The van der Waals surface area contributed by atoms with E-state index in [-0.39, 0.29) is 12.6 Å². The molecule has 4 heteroatoms. The highest BCUT2D eigenvalue weighted by Gasteiger charge is 2.39. The third-order valence-electron chi connectivity index (χ3n) is 2.41. The second-order valence-electron chi connectivity index (χ2n) is 3.42. The van der Waals surface area contributed by atoms with Crippen molar-refractivity contribution in [2.45, 2.75) is 18.4 Å². The molecule has 2 aliphatic rings. The maximum Gasteiger partial charge on any atom is 0.263 e. The lowest BCUT2D eigenvalue weighted by Gasteiger charge is -2.41. The van der Waals surface area contributed by atoms with Crippen LogP contribution in [0.3, 0.4) is 0 Å². The van der Waals surface area contributed by atoms with E-state index in [1.165, 1.54) is 0 Å². The fraction of sp³-hybridized carbons (Fsp3) is 0.875. The number of nitrogens with zero attached hydrogens (tertiary/aromatic N) is 1. The second kappa shape index (κ2) is 2.92. The molecule has 2 heterocycles. The van der Waals surface area contributed by atoms with Crippen molar-refractivity contribution in [3.8, 4) is 0 Å². The van der Waals surface area contributed by atoms with Gasteiger partial charge in [-0.15, -0.1) is 0 Å². The van der Waals surface area contributed by atoms with Gasteiger partial charge < -0.3 is 4.74 Å². The molecule has 2 saturated heterocycles. The molecule has 0 bridgehead atoms. The third-order valence-corrected chi connectivity index (χ3v) is 2.41. The first-order valence-electron chi connectivity index (χ1n) is 4.21. The van der Waals surface area contributed by atoms with Gasteiger partial charge >= 0.3 is 0 Å². The van der Waals surface area contributed by atoms with Gasteiger partial charge in [-0.05, 0) is 13.0 Å². The smallest absolute Gasteiger partial charge is 0.263 e. The number of ether oxygens (including phenoxy) is 1. The summed E-state index contributed by atoms with van der Waals surface area (Å²) in [5, 5.41) is 0. The Morgan fingerprint density at radius 1 is 1.42 bits per heavy atom. The van der Waals surface area contributed by atoms with Gasteiger partial charge in [-0.2, -0.15) is 0 Å². The van der Waals surface area contributed by atoms with Gasteiger partial charge in [0.25, 0.3) is 5.92 Å². The average Bonchev–Trinajstić information content (AvgIpc) is 1.80. The van der Waals surface area contributed by atoms with E-state index in [2.05, 4.69) is 0 Å². The topological polar surface area (TPSA) is 12.5 Å². The molecule has 2 nitrogen and oxygen atoms in total. The van der Waals surface area contributed by atoms with Gasteiger partial charge in [0.15, 0.2) is 0 Å². The molecular weight excluding hydrogens is 164 g/mol. The van der Waals surface area contributed by atoms with Crippen LogP contribution in [-0.4, -0.2) is 43.2 Å². The third kappa shape index (κ3) is 1.59. The van der Waals surface area contributed by atoms with E-state index in [0.717, 1.165) is 13.0 Å². The lowest BCUT2D eigenvalue weighted by Crippen LogP contribution is -2.55. The van der Waals surface area contributed by atoms with Crippen LogP contribution in [0.2, 0.25) is 0 Å². The maximum absolute atomic E-state index is 12.8. The van der Waals surface area contributed by atoms with E-state index in [0.29, 0.717) is 19.6 Å². The fourth-order valence-electron chi connectivity index (χ4n) is 1.60. The van der Waals surface area contributed by atoms with Crippen LogP contribution in [0.1, 0.15) is 6.42 Å². The van der Waals surface area contributed by atoms with Crippen molar-refractivity contribution in [3.63, 3.8) is 0 Å². The van der Waals surface area contributed by atoms with E-state index in [4.69, 9.17) is 4.74 Å². The second-order valence-corrected chi connectivity index (χ2v) is 3.42. The minimum atomic E-state index is -2.59. The molecule has 0 amide bonds. The van der Waals surface area contributed by atoms with Gasteiger partial charge in [0, 0.05) is 6.42 Å². The van der Waals surface area contributed by atoms with E-state index in [1.54, 1.807) is 0 Å². The highest BCUT2D eigenvalue weighted by Crippen LogP contribution is 2.28. The Morgan fingerprint density at radius 3 is 2.67 bits per heavy atom. The van der Waals surface area contributed by atoms with Crippen molar-refractivity contribution in [3.05, 3.63) is 6.42 Å². The molecular formula is C8H12F2NO. The van der Waals surface area contributed by atoms with Gasteiger partial charge in [-0.25, -0.2) is 8.78 Å². The normalized spacial score (nSPS) is 31.5. The Morgan fingerprint density at radius 2 is 2.17 bits per heavy atom. The summed E-state index contributed by atoms with van der Waals surface area (Å²) >= 11 is 0. The Labute approximate surface area is 70.5 Å². The molecule has 69 valence electrons. The Kier molecular flexibility index (Phi) is 2.04. The van der Waals surface area contributed by atoms with E-state index < -0.39 is 5.92 Å². The summed E-state index contributed by atoms with van der Waals surface area (Å²) in [5.41, 5.74) is 0. The summed E-state index contributed by atoms with van der Waals surface area (Å²) < 4.78 is 30.6. The summed E-state index contributed by atoms with van der Waals surface area (Å²) in [4.78, 5) is 1.82. The monoisotopic (exact) mass is 176 g/mol. The number of likely N-dealkylation sites (tertiary alicyclic amines) is 1. The van der Waals surface area contributed by atoms with E-state index in [9.17, 15) is 8.78 Å². The molecule has 0 saturated carbocycles. The minimum absolute atomic E-state index is 0.124. The number of piperidine rings is 1. The summed E-state index contributed by atoms with van der Waals surface area (Å²) in [6.07, 6.45) is 1.60. The summed E-state index contributed by atoms with van der Waals surface area (Å²) in [6, 6.07) is 0.240. The van der Waals surface area contributed by atoms with Gasteiger partial charge in [-0.3, -0.25) is 4.90 Å². The molecule has 0 spiro atoms. The number of halogens is 2. The lowest BCUT2D eigenvalue weighted by molar-refractivity contribution is -0.108. The summed E-state index contributed by atoms with van der Waals surface area (Å²) in [5.74, 6) is -2.59. The lowest BCUT2D eigenvalue weighted by atomic mass is 10.0. The van der Waals surface area contributed by atoms with Crippen LogP contribution in [0.4, 0.5) is 8.78 Å². The number of alkyl halides is 2. The Hall–Kier alpha value is -0.220. The fourth-order valence-corrected chi connectivity index (χ4v) is 1.60.